The molecule has 0 atom stereocenters. The Morgan fingerprint density at radius 2 is 1.95 bits per heavy atom. The molecule has 1 N–H and O–H groups in total. The van der Waals surface area contributed by atoms with E-state index in [4.69, 9.17) is 9.47 Å². The van der Waals surface area contributed by atoms with Gasteiger partial charge in [-0.1, -0.05) is 6.92 Å². The van der Waals surface area contributed by atoms with E-state index in [9.17, 15) is 0 Å². The summed E-state index contributed by atoms with van der Waals surface area (Å²) in [6.45, 7) is 7.10. The highest BCUT2D eigenvalue weighted by Crippen LogP contribution is 2.14. The number of ether oxygens (including phenoxy) is 2. The van der Waals surface area contributed by atoms with Gasteiger partial charge in [0.05, 0.1) is 13.7 Å². The molecule has 7 nitrogen and oxygen atoms in total. The molecule has 0 bridgehead atoms. The van der Waals surface area contributed by atoms with Crippen molar-refractivity contribution < 1.29 is 9.47 Å². The van der Waals surface area contributed by atoms with Crippen LogP contribution < -0.4 is 15.0 Å². The highest BCUT2D eigenvalue weighted by atomic mass is 16.5. The Morgan fingerprint density at radius 3 is 2.53 bits per heavy atom. The van der Waals surface area contributed by atoms with Gasteiger partial charge in [-0.15, -0.1) is 0 Å². The molecule has 0 aliphatic carbocycles. The number of rotatable bonds is 9. The summed E-state index contributed by atoms with van der Waals surface area (Å²) in [4.78, 5) is 14.9. The molecule has 1 aromatic heterocycles. The maximum absolute atomic E-state index is 5.11. The average molecular weight is 269 g/mol. The van der Waals surface area contributed by atoms with E-state index in [-0.39, 0.29) is 0 Å². The molecule has 1 heterocycles. The van der Waals surface area contributed by atoms with E-state index in [1.807, 2.05) is 11.8 Å². The van der Waals surface area contributed by atoms with Crippen molar-refractivity contribution in [3.05, 3.63) is 0 Å². The first kappa shape index (κ1) is 15.4. The zero-order valence-corrected chi connectivity index (χ0v) is 12.1. The monoisotopic (exact) mass is 269 g/mol. The van der Waals surface area contributed by atoms with Gasteiger partial charge in [0.15, 0.2) is 0 Å². The lowest BCUT2D eigenvalue weighted by Gasteiger charge is -2.20. The number of nitrogens with one attached hydrogen (secondary N) is 1. The predicted molar refractivity (Wildman–Crippen MR) is 74.9 cm³/mol. The summed E-state index contributed by atoms with van der Waals surface area (Å²) in [6, 6.07) is 0.319. The molecule has 0 radical (unpaired) electrons. The number of nitrogens with zero attached hydrogens (tertiary/aromatic N) is 4. The van der Waals surface area contributed by atoms with Crippen LogP contribution in [0, 0.1) is 0 Å². The minimum atomic E-state index is 0.319. The molecule has 0 spiro atoms. The Morgan fingerprint density at radius 1 is 1.16 bits per heavy atom. The molecule has 0 amide bonds. The van der Waals surface area contributed by atoms with Crippen LogP contribution in [0.3, 0.4) is 0 Å². The molecule has 1 aromatic rings. The summed E-state index contributed by atoms with van der Waals surface area (Å²) in [5.74, 6) is 1.14. The van der Waals surface area contributed by atoms with Gasteiger partial charge in [-0.25, -0.2) is 0 Å². The molecule has 108 valence electrons. The first-order chi connectivity index (χ1) is 9.24. The zero-order chi connectivity index (χ0) is 14.1. The fourth-order valence-corrected chi connectivity index (χ4v) is 1.50. The van der Waals surface area contributed by atoms with E-state index in [0.29, 0.717) is 24.5 Å². The number of hydrogen-bond acceptors (Lipinski definition) is 7. The first-order valence-electron chi connectivity index (χ1n) is 6.52. The number of anilines is 2. The molecule has 0 saturated heterocycles. The van der Waals surface area contributed by atoms with Gasteiger partial charge in [0, 0.05) is 26.7 Å². The van der Waals surface area contributed by atoms with Crippen LogP contribution in [0.4, 0.5) is 11.9 Å². The highest BCUT2D eigenvalue weighted by Gasteiger charge is 2.12. The van der Waals surface area contributed by atoms with Crippen molar-refractivity contribution in [1.82, 2.24) is 15.0 Å². The molecule has 0 aliphatic rings. The largest absolute Gasteiger partial charge is 0.467 e. The van der Waals surface area contributed by atoms with Gasteiger partial charge in [-0.05, 0) is 13.3 Å². The third kappa shape index (κ3) is 4.86. The Kier molecular flexibility index (Phi) is 6.88. The second kappa shape index (κ2) is 8.47. The van der Waals surface area contributed by atoms with Crippen LogP contribution in [0.1, 0.15) is 20.3 Å². The van der Waals surface area contributed by atoms with Crippen LogP contribution in [0.5, 0.6) is 6.01 Å². The number of likely N-dealkylation sites (N-methyl/N-ethyl adjacent to an activating group) is 1. The third-order valence-corrected chi connectivity index (χ3v) is 2.55. The summed E-state index contributed by atoms with van der Waals surface area (Å²) in [5.41, 5.74) is 0. The highest BCUT2D eigenvalue weighted by molar-refractivity contribution is 5.38. The Bertz CT molecular complexity index is 375. The maximum atomic E-state index is 5.11. The topological polar surface area (TPSA) is 72.4 Å². The van der Waals surface area contributed by atoms with Crippen LogP contribution in [0.25, 0.3) is 0 Å². The van der Waals surface area contributed by atoms with Crippen molar-refractivity contribution in [3.8, 4) is 6.01 Å². The number of methoxy groups -OCH3 is 2. The van der Waals surface area contributed by atoms with Crippen LogP contribution in [0.15, 0.2) is 0 Å². The maximum Gasteiger partial charge on any atom is 0.322 e. The van der Waals surface area contributed by atoms with Gasteiger partial charge in [0.1, 0.15) is 0 Å². The van der Waals surface area contributed by atoms with E-state index in [1.165, 1.54) is 0 Å². The molecule has 7 heteroatoms. The van der Waals surface area contributed by atoms with Crippen LogP contribution in [-0.2, 0) is 4.74 Å². The summed E-state index contributed by atoms with van der Waals surface area (Å²) in [6.07, 6.45) is 1.00. The molecular weight excluding hydrogens is 246 g/mol. The molecule has 1 rings (SSSR count). The zero-order valence-electron chi connectivity index (χ0n) is 12.1. The van der Waals surface area contributed by atoms with Crippen molar-refractivity contribution in [3.63, 3.8) is 0 Å². The van der Waals surface area contributed by atoms with Crippen molar-refractivity contribution in [2.45, 2.75) is 20.3 Å². The van der Waals surface area contributed by atoms with Gasteiger partial charge >= 0.3 is 6.01 Å². The molecule has 19 heavy (non-hydrogen) atoms. The predicted octanol–water partition coefficient (Wildman–Crippen LogP) is 1.17. The molecule has 0 aliphatic heterocycles. The van der Waals surface area contributed by atoms with Crippen molar-refractivity contribution >= 4 is 11.9 Å². The molecule has 0 aromatic carbocycles. The molecular formula is C12H23N5O2. The van der Waals surface area contributed by atoms with Crippen molar-refractivity contribution in [2.75, 3.05) is 50.7 Å². The van der Waals surface area contributed by atoms with E-state index >= 15 is 0 Å². The lowest BCUT2D eigenvalue weighted by molar-refractivity contribution is 0.205. The van der Waals surface area contributed by atoms with Crippen molar-refractivity contribution in [2.24, 2.45) is 0 Å². The second-order valence-corrected chi connectivity index (χ2v) is 3.94. The minimum absolute atomic E-state index is 0.319. The average Bonchev–Trinajstić information content (AvgIpc) is 2.45. The van der Waals surface area contributed by atoms with Crippen LogP contribution in [0.2, 0.25) is 0 Å². The van der Waals surface area contributed by atoms with Gasteiger partial charge in [0.25, 0.3) is 0 Å². The molecule has 0 fully saturated rings. The second-order valence-electron chi connectivity index (χ2n) is 3.94. The lowest BCUT2D eigenvalue weighted by atomic mass is 10.5. The van der Waals surface area contributed by atoms with Gasteiger partial charge in [-0.3, -0.25) is 0 Å². The fourth-order valence-electron chi connectivity index (χ4n) is 1.50. The quantitative estimate of drug-likeness (QED) is 0.721. The Labute approximate surface area is 114 Å². The normalized spacial score (nSPS) is 10.3. The van der Waals surface area contributed by atoms with E-state index in [0.717, 1.165) is 26.1 Å². The fraction of sp³-hybridized carbons (Fsp3) is 0.750. The van der Waals surface area contributed by atoms with Gasteiger partial charge in [0.2, 0.25) is 11.9 Å². The van der Waals surface area contributed by atoms with Crippen molar-refractivity contribution in [1.29, 1.82) is 0 Å². The summed E-state index contributed by atoms with van der Waals surface area (Å²) in [7, 11) is 3.23. The SMILES string of the molecule is CCCNc1nc(OC)nc(N(CC)CCOC)n1. The Hall–Kier alpha value is -1.63. The number of hydrogen-bond donors (Lipinski definition) is 1. The van der Waals surface area contributed by atoms with E-state index in [1.54, 1.807) is 14.2 Å². The third-order valence-electron chi connectivity index (χ3n) is 2.55. The van der Waals surface area contributed by atoms with E-state index in [2.05, 4.69) is 27.2 Å². The first-order valence-corrected chi connectivity index (χ1v) is 6.52. The smallest absolute Gasteiger partial charge is 0.322 e. The van der Waals surface area contributed by atoms with Crippen LogP contribution >= 0.6 is 0 Å². The molecule has 0 saturated carbocycles. The van der Waals surface area contributed by atoms with Crippen LogP contribution in [-0.4, -0.2) is 55.4 Å². The standard InChI is InChI=1S/C12H23N5O2/c1-5-7-13-10-14-11(16-12(15-10)19-4)17(6-2)8-9-18-3/h5-9H2,1-4H3,(H,13,14,15,16). The lowest BCUT2D eigenvalue weighted by Crippen LogP contribution is -2.29. The van der Waals surface area contributed by atoms with Gasteiger partial charge in [-0.2, -0.15) is 15.0 Å². The number of aromatic nitrogens is 3. The Balaban J connectivity index is 2.89. The summed E-state index contributed by atoms with van der Waals surface area (Å²) >= 11 is 0. The molecule has 0 unspecified atom stereocenters. The van der Waals surface area contributed by atoms with Gasteiger partial charge < -0.3 is 19.7 Å². The summed E-state index contributed by atoms with van der Waals surface area (Å²) in [5, 5.41) is 3.14. The minimum Gasteiger partial charge on any atom is -0.467 e. The summed E-state index contributed by atoms with van der Waals surface area (Å²) < 4.78 is 10.2. The van der Waals surface area contributed by atoms with E-state index < -0.39 is 0 Å².